The van der Waals surface area contributed by atoms with Crippen molar-refractivity contribution in [2.24, 2.45) is 0 Å². The highest BCUT2D eigenvalue weighted by Crippen LogP contribution is 2.33. The summed E-state index contributed by atoms with van der Waals surface area (Å²) in [6.45, 7) is 1.70. The third-order valence-corrected chi connectivity index (χ3v) is 5.36. The smallest absolute Gasteiger partial charge is 0.343 e. The molecule has 0 radical (unpaired) electrons. The molecule has 6 nitrogen and oxygen atoms in total. The molecule has 0 heterocycles. The van der Waals surface area contributed by atoms with Crippen molar-refractivity contribution in [2.75, 3.05) is 12.4 Å². The highest BCUT2D eigenvalue weighted by Gasteiger charge is 2.28. The lowest BCUT2D eigenvalue weighted by Crippen LogP contribution is -2.21. The number of ether oxygens (including phenoxy) is 2. The molecule has 0 saturated carbocycles. The number of ketones is 1. The van der Waals surface area contributed by atoms with Crippen molar-refractivity contribution in [3.63, 3.8) is 0 Å². The Balaban J connectivity index is 1.96. The molecular formula is C25H21Cl2NO5. The zero-order valence-electron chi connectivity index (χ0n) is 17.9. The molecule has 0 spiro atoms. The van der Waals surface area contributed by atoms with E-state index >= 15 is 0 Å². The lowest BCUT2D eigenvalue weighted by molar-refractivity contribution is -0.115. The topological polar surface area (TPSA) is 81.7 Å². The molecule has 8 heteroatoms. The van der Waals surface area contributed by atoms with Crippen LogP contribution in [-0.4, -0.2) is 24.8 Å². The summed E-state index contributed by atoms with van der Waals surface area (Å²) in [5, 5.41) is 3.25. The second-order valence-electron chi connectivity index (χ2n) is 7.00. The lowest BCUT2D eigenvalue weighted by Gasteiger charge is -2.19. The Morgan fingerprint density at radius 1 is 0.970 bits per heavy atom. The highest BCUT2D eigenvalue weighted by molar-refractivity contribution is 6.34. The molecule has 1 amide bonds. The molecular weight excluding hydrogens is 465 g/mol. The number of hydrogen-bond donors (Lipinski definition) is 1. The molecule has 0 aliphatic rings. The van der Waals surface area contributed by atoms with Crippen molar-refractivity contribution in [3.8, 4) is 5.75 Å². The van der Waals surface area contributed by atoms with E-state index in [2.05, 4.69) is 5.32 Å². The molecule has 3 aromatic rings. The summed E-state index contributed by atoms with van der Waals surface area (Å²) >= 11 is 12.3. The van der Waals surface area contributed by atoms with E-state index in [1.807, 2.05) is 0 Å². The molecule has 3 rings (SSSR count). The zero-order chi connectivity index (χ0) is 24.0. The standard InChI is InChI=1S/C25H21Cl2NO5/c1-3-22(29)28-20-14-21(32-2)18(13-19(20)27)25(31)33-24(16-9-11-17(26)12-10-16)23(30)15-7-5-4-6-8-15/h4-14,24H,3H2,1-2H3,(H,28,29)/t24-/m0/s1. The Kier molecular flexibility index (Phi) is 8.09. The monoisotopic (exact) mass is 485 g/mol. The van der Waals surface area contributed by atoms with Crippen molar-refractivity contribution in [2.45, 2.75) is 19.4 Å². The van der Waals surface area contributed by atoms with Crippen LogP contribution in [0.5, 0.6) is 5.75 Å². The number of rotatable bonds is 8. The van der Waals surface area contributed by atoms with E-state index in [0.29, 0.717) is 21.8 Å². The van der Waals surface area contributed by atoms with E-state index in [9.17, 15) is 14.4 Å². The number of anilines is 1. The first-order valence-corrected chi connectivity index (χ1v) is 10.8. The van der Waals surface area contributed by atoms with Gasteiger partial charge >= 0.3 is 5.97 Å². The summed E-state index contributed by atoms with van der Waals surface area (Å²) in [5.74, 6) is -1.32. The van der Waals surface area contributed by atoms with Gasteiger partial charge in [0.2, 0.25) is 11.7 Å². The number of Topliss-reactive ketones (excluding diaryl/α,β-unsaturated/α-hetero) is 1. The van der Waals surface area contributed by atoms with E-state index in [-0.39, 0.29) is 28.7 Å². The van der Waals surface area contributed by atoms with Crippen molar-refractivity contribution in [1.29, 1.82) is 0 Å². The second-order valence-corrected chi connectivity index (χ2v) is 7.84. The van der Waals surface area contributed by atoms with Crippen molar-refractivity contribution in [3.05, 3.63) is 93.5 Å². The molecule has 3 aromatic carbocycles. The van der Waals surface area contributed by atoms with Gasteiger partial charge in [0.15, 0.2) is 6.10 Å². The molecule has 0 saturated heterocycles. The fourth-order valence-corrected chi connectivity index (χ4v) is 3.39. The number of halogens is 2. The average molecular weight is 486 g/mol. The quantitative estimate of drug-likeness (QED) is 0.306. The van der Waals surface area contributed by atoms with Crippen LogP contribution >= 0.6 is 23.2 Å². The number of esters is 1. The van der Waals surface area contributed by atoms with E-state index < -0.39 is 17.9 Å². The van der Waals surface area contributed by atoms with Gasteiger partial charge in [-0.25, -0.2) is 4.79 Å². The van der Waals surface area contributed by atoms with Gasteiger partial charge in [-0.3, -0.25) is 9.59 Å². The molecule has 0 aliphatic heterocycles. The van der Waals surface area contributed by atoms with Crippen LogP contribution in [0.25, 0.3) is 0 Å². The SMILES string of the molecule is CCC(=O)Nc1cc(OC)c(C(=O)O[C@H](C(=O)c2ccccc2)c2ccc(Cl)cc2)cc1Cl. The summed E-state index contributed by atoms with van der Waals surface area (Å²) in [6.07, 6.45) is -0.965. The van der Waals surface area contributed by atoms with Gasteiger partial charge in [0.25, 0.3) is 0 Å². The van der Waals surface area contributed by atoms with E-state index in [4.69, 9.17) is 32.7 Å². The van der Waals surface area contributed by atoms with Gasteiger partial charge < -0.3 is 14.8 Å². The van der Waals surface area contributed by atoms with Crippen LogP contribution in [0.1, 0.15) is 45.7 Å². The first kappa shape index (κ1) is 24.3. The third kappa shape index (κ3) is 5.92. The molecule has 1 N–H and O–H groups in total. The largest absolute Gasteiger partial charge is 0.496 e. The molecule has 0 unspecified atom stereocenters. The minimum absolute atomic E-state index is 0.0109. The van der Waals surface area contributed by atoms with E-state index in [0.717, 1.165) is 0 Å². The van der Waals surface area contributed by atoms with E-state index in [1.165, 1.54) is 19.2 Å². The van der Waals surface area contributed by atoms with Crippen molar-refractivity contribution < 1.29 is 23.9 Å². The third-order valence-electron chi connectivity index (χ3n) is 4.80. The number of carbonyl (C=O) groups is 3. The van der Waals surface area contributed by atoms with Crippen molar-refractivity contribution >= 4 is 46.5 Å². The Bertz CT molecular complexity index is 1160. The minimum Gasteiger partial charge on any atom is -0.496 e. The summed E-state index contributed by atoms with van der Waals surface area (Å²) in [6, 6.07) is 17.7. The number of hydrogen-bond acceptors (Lipinski definition) is 5. The van der Waals surface area contributed by atoms with Gasteiger partial charge in [-0.2, -0.15) is 0 Å². The fourth-order valence-electron chi connectivity index (χ4n) is 3.05. The maximum Gasteiger partial charge on any atom is 0.343 e. The molecule has 170 valence electrons. The summed E-state index contributed by atoms with van der Waals surface area (Å²) in [4.78, 5) is 38.1. The van der Waals surface area contributed by atoms with Crippen LogP contribution in [0.2, 0.25) is 10.0 Å². The molecule has 33 heavy (non-hydrogen) atoms. The maximum absolute atomic E-state index is 13.2. The molecule has 0 aromatic heterocycles. The van der Waals surface area contributed by atoms with Gasteiger partial charge in [0.1, 0.15) is 11.3 Å². The number of carbonyl (C=O) groups excluding carboxylic acids is 3. The van der Waals surface area contributed by atoms with Gasteiger partial charge in [0.05, 0.1) is 17.8 Å². The normalized spacial score (nSPS) is 11.4. The second kappa shape index (κ2) is 11.0. The summed E-state index contributed by atoms with van der Waals surface area (Å²) in [7, 11) is 1.37. The Morgan fingerprint density at radius 2 is 1.64 bits per heavy atom. The van der Waals surface area contributed by atoms with E-state index in [1.54, 1.807) is 61.5 Å². The predicted octanol–water partition coefficient (Wildman–Crippen LogP) is 6.13. The van der Waals surface area contributed by atoms with Crippen LogP contribution in [0.15, 0.2) is 66.7 Å². The minimum atomic E-state index is -1.22. The Morgan fingerprint density at radius 3 is 2.24 bits per heavy atom. The summed E-state index contributed by atoms with van der Waals surface area (Å²) < 4.78 is 11.0. The Hall–Kier alpha value is -3.35. The van der Waals surface area contributed by atoms with Crippen LogP contribution < -0.4 is 10.1 Å². The van der Waals surface area contributed by atoms with Gasteiger partial charge in [-0.15, -0.1) is 0 Å². The first-order valence-electron chi connectivity index (χ1n) is 10.1. The molecule has 0 fully saturated rings. The fraction of sp³-hybridized carbons (Fsp3) is 0.160. The molecule has 0 bridgehead atoms. The van der Waals surface area contributed by atoms with Gasteiger partial charge in [-0.05, 0) is 18.2 Å². The maximum atomic E-state index is 13.2. The van der Waals surface area contributed by atoms with Crippen LogP contribution in [0, 0.1) is 0 Å². The average Bonchev–Trinajstić information content (AvgIpc) is 2.84. The van der Waals surface area contributed by atoms with Crippen LogP contribution in [0.4, 0.5) is 5.69 Å². The van der Waals surface area contributed by atoms with Crippen LogP contribution in [0.3, 0.4) is 0 Å². The number of nitrogens with one attached hydrogen (secondary N) is 1. The number of benzene rings is 3. The predicted molar refractivity (Wildman–Crippen MR) is 127 cm³/mol. The van der Waals surface area contributed by atoms with Crippen molar-refractivity contribution in [1.82, 2.24) is 0 Å². The highest BCUT2D eigenvalue weighted by atomic mass is 35.5. The van der Waals surface area contributed by atoms with Gasteiger partial charge in [0, 0.05) is 28.6 Å². The molecule has 1 atom stereocenters. The number of methoxy groups -OCH3 is 1. The van der Waals surface area contributed by atoms with Gasteiger partial charge in [-0.1, -0.05) is 72.6 Å². The zero-order valence-corrected chi connectivity index (χ0v) is 19.4. The van der Waals surface area contributed by atoms with Crippen LogP contribution in [-0.2, 0) is 9.53 Å². The number of amides is 1. The summed E-state index contributed by atoms with van der Waals surface area (Å²) in [5.41, 5.74) is 1.15. The molecule has 0 aliphatic carbocycles. The Labute approximate surface area is 201 Å². The first-order chi connectivity index (χ1) is 15.8. The lowest BCUT2D eigenvalue weighted by atomic mass is 9.99.